The van der Waals surface area contributed by atoms with Crippen LogP contribution in [0.2, 0.25) is 0 Å². The molecule has 0 atom stereocenters. The summed E-state index contributed by atoms with van der Waals surface area (Å²) >= 11 is 3.53. The van der Waals surface area contributed by atoms with Gasteiger partial charge in [-0.25, -0.2) is 0 Å². The minimum atomic E-state index is -0.726. The molecule has 0 saturated carbocycles. The fraction of sp³-hybridized carbons (Fsp3) is 0.769. The summed E-state index contributed by atoms with van der Waals surface area (Å²) in [4.78, 5) is 2.38. The lowest BCUT2D eigenvalue weighted by atomic mass is 9.88. The van der Waals surface area contributed by atoms with Crippen LogP contribution in [0, 0.1) is 0 Å². The predicted molar refractivity (Wildman–Crippen MR) is 75.5 cm³/mol. The Hall–Kier alpha value is -0.390. The average molecular weight is 316 g/mol. The van der Waals surface area contributed by atoms with Crippen LogP contribution in [0.25, 0.3) is 0 Å². The van der Waals surface area contributed by atoms with Crippen molar-refractivity contribution in [1.82, 2.24) is 14.7 Å². The van der Waals surface area contributed by atoms with Gasteiger partial charge in [0, 0.05) is 19.6 Å². The highest BCUT2D eigenvalue weighted by Crippen LogP contribution is 2.36. The van der Waals surface area contributed by atoms with Crippen molar-refractivity contribution in [2.24, 2.45) is 0 Å². The molecule has 1 aliphatic heterocycles. The molecule has 0 aromatic carbocycles. The van der Waals surface area contributed by atoms with Gasteiger partial charge in [-0.2, -0.15) is 5.10 Å². The maximum absolute atomic E-state index is 10.9. The number of piperidine rings is 1. The summed E-state index contributed by atoms with van der Waals surface area (Å²) in [6.45, 7) is 8.13. The smallest absolute Gasteiger partial charge is 0.110 e. The summed E-state index contributed by atoms with van der Waals surface area (Å²) in [6, 6.07) is 0. The normalized spacial score (nSPS) is 20.2. The molecular weight excluding hydrogens is 294 g/mol. The van der Waals surface area contributed by atoms with Gasteiger partial charge in [0.05, 0.1) is 16.4 Å². The number of halogens is 1. The monoisotopic (exact) mass is 315 g/mol. The van der Waals surface area contributed by atoms with E-state index in [0.29, 0.717) is 0 Å². The van der Waals surface area contributed by atoms with Crippen LogP contribution >= 0.6 is 15.9 Å². The highest BCUT2D eigenvalue weighted by Gasteiger charge is 2.38. The van der Waals surface area contributed by atoms with E-state index in [-0.39, 0.29) is 0 Å². The molecule has 1 aromatic rings. The Morgan fingerprint density at radius 1 is 1.39 bits per heavy atom. The van der Waals surface area contributed by atoms with Crippen molar-refractivity contribution < 1.29 is 5.11 Å². The Balaban J connectivity index is 2.22. The fourth-order valence-corrected chi connectivity index (χ4v) is 3.35. The average Bonchev–Trinajstić information content (AvgIpc) is 2.73. The van der Waals surface area contributed by atoms with E-state index in [1.165, 1.54) is 0 Å². The Kier molecular flexibility index (Phi) is 4.45. The molecule has 0 unspecified atom stereocenters. The van der Waals surface area contributed by atoms with Crippen molar-refractivity contribution in [2.75, 3.05) is 19.6 Å². The van der Waals surface area contributed by atoms with Crippen LogP contribution in [0.3, 0.4) is 0 Å². The molecule has 1 aromatic heterocycles. The van der Waals surface area contributed by atoms with E-state index in [4.69, 9.17) is 0 Å². The molecule has 102 valence electrons. The third-order valence-electron chi connectivity index (χ3n) is 3.80. The molecule has 1 N–H and O–H groups in total. The summed E-state index contributed by atoms with van der Waals surface area (Å²) in [6.07, 6.45) is 4.40. The Morgan fingerprint density at radius 3 is 2.61 bits per heavy atom. The van der Waals surface area contributed by atoms with Gasteiger partial charge in [0.25, 0.3) is 0 Å². The van der Waals surface area contributed by atoms with Gasteiger partial charge < -0.3 is 10.0 Å². The second-order valence-corrected chi connectivity index (χ2v) is 5.88. The third kappa shape index (κ3) is 2.63. The van der Waals surface area contributed by atoms with Crippen molar-refractivity contribution in [2.45, 2.75) is 45.3 Å². The van der Waals surface area contributed by atoms with Crippen LogP contribution in [-0.4, -0.2) is 39.4 Å². The molecule has 5 heteroatoms. The Bertz CT molecular complexity index is 397. The van der Waals surface area contributed by atoms with E-state index in [0.717, 1.165) is 55.6 Å². The summed E-state index contributed by atoms with van der Waals surface area (Å²) in [5, 5.41) is 15.3. The standard InChI is InChI=1S/C13H22BrN3O/c1-3-7-17-12(11(14)10-15-17)13(18)5-8-16(4-2)9-6-13/h10,18H,3-9H2,1-2H3. The van der Waals surface area contributed by atoms with Crippen molar-refractivity contribution in [3.8, 4) is 0 Å². The van der Waals surface area contributed by atoms with Crippen LogP contribution in [0.1, 0.15) is 38.8 Å². The van der Waals surface area contributed by atoms with Gasteiger partial charge in [0.2, 0.25) is 0 Å². The minimum absolute atomic E-state index is 0.726. The molecule has 1 fully saturated rings. The number of aromatic nitrogens is 2. The zero-order valence-corrected chi connectivity index (χ0v) is 12.8. The number of rotatable bonds is 4. The van der Waals surface area contributed by atoms with Crippen molar-refractivity contribution >= 4 is 15.9 Å². The number of aliphatic hydroxyl groups is 1. The number of nitrogens with zero attached hydrogens (tertiary/aromatic N) is 3. The van der Waals surface area contributed by atoms with Crippen molar-refractivity contribution in [3.05, 3.63) is 16.4 Å². The first-order valence-electron chi connectivity index (χ1n) is 6.77. The first kappa shape index (κ1) is 14.0. The summed E-state index contributed by atoms with van der Waals surface area (Å²) in [5.74, 6) is 0. The molecule has 1 aliphatic rings. The molecule has 0 spiro atoms. The second kappa shape index (κ2) is 5.72. The number of hydrogen-bond acceptors (Lipinski definition) is 3. The lowest BCUT2D eigenvalue weighted by molar-refractivity contribution is -0.0322. The van der Waals surface area contributed by atoms with Crippen LogP contribution in [0.4, 0.5) is 0 Å². The quantitative estimate of drug-likeness (QED) is 0.927. The molecule has 1 saturated heterocycles. The van der Waals surface area contributed by atoms with Gasteiger partial charge in [0.15, 0.2) is 0 Å². The van der Waals surface area contributed by atoms with Crippen LogP contribution in [0.15, 0.2) is 10.7 Å². The maximum Gasteiger partial charge on any atom is 0.110 e. The Labute approximate surface area is 117 Å². The highest BCUT2D eigenvalue weighted by atomic mass is 79.9. The summed E-state index contributed by atoms with van der Waals surface area (Å²) in [5.41, 5.74) is 0.232. The minimum Gasteiger partial charge on any atom is -0.383 e. The second-order valence-electron chi connectivity index (χ2n) is 5.03. The molecular formula is C13H22BrN3O. The topological polar surface area (TPSA) is 41.3 Å². The molecule has 2 rings (SSSR count). The van der Waals surface area contributed by atoms with Gasteiger partial charge in [-0.15, -0.1) is 0 Å². The maximum atomic E-state index is 10.9. The largest absolute Gasteiger partial charge is 0.383 e. The lowest BCUT2D eigenvalue weighted by Crippen LogP contribution is -2.43. The predicted octanol–water partition coefficient (Wildman–Crippen LogP) is 2.36. The van der Waals surface area contributed by atoms with Crippen LogP contribution in [0.5, 0.6) is 0 Å². The highest BCUT2D eigenvalue weighted by molar-refractivity contribution is 9.10. The number of aryl methyl sites for hydroxylation is 1. The van der Waals surface area contributed by atoms with E-state index in [2.05, 4.69) is 39.8 Å². The molecule has 0 bridgehead atoms. The van der Waals surface area contributed by atoms with E-state index >= 15 is 0 Å². The molecule has 18 heavy (non-hydrogen) atoms. The van der Waals surface area contributed by atoms with E-state index < -0.39 is 5.60 Å². The molecule has 0 aliphatic carbocycles. The van der Waals surface area contributed by atoms with Crippen LogP contribution in [-0.2, 0) is 12.1 Å². The molecule has 4 nitrogen and oxygen atoms in total. The van der Waals surface area contributed by atoms with Crippen molar-refractivity contribution in [1.29, 1.82) is 0 Å². The first-order chi connectivity index (χ1) is 8.60. The van der Waals surface area contributed by atoms with Gasteiger partial charge in [-0.05, 0) is 41.7 Å². The number of hydrogen-bond donors (Lipinski definition) is 1. The number of likely N-dealkylation sites (tertiary alicyclic amines) is 1. The molecule has 0 radical (unpaired) electrons. The fourth-order valence-electron chi connectivity index (χ4n) is 2.68. The zero-order valence-electron chi connectivity index (χ0n) is 11.2. The Morgan fingerprint density at radius 2 is 2.06 bits per heavy atom. The summed E-state index contributed by atoms with van der Waals surface area (Å²) < 4.78 is 2.88. The molecule has 2 heterocycles. The van der Waals surface area contributed by atoms with Crippen LogP contribution < -0.4 is 0 Å². The SMILES string of the molecule is CCCn1ncc(Br)c1C1(O)CCN(CC)CC1. The van der Waals surface area contributed by atoms with Gasteiger partial charge in [0.1, 0.15) is 5.60 Å². The summed E-state index contributed by atoms with van der Waals surface area (Å²) in [7, 11) is 0. The van der Waals surface area contributed by atoms with Gasteiger partial charge in [-0.1, -0.05) is 13.8 Å². The van der Waals surface area contributed by atoms with E-state index in [9.17, 15) is 5.11 Å². The van der Waals surface area contributed by atoms with E-state index in [1.807, 2.05) is 4.68 Å². The lowest BCUT2D eigenvalue weighted by Gasteiger charge is -2.38. The molecule has 0 amide bonds. The zero-order chi connectivity index (χ0) is 13.2. The van der Waals surface area contributed by atoms with Crippen molar-refractivity contribution in [3.63, 3.8) is 0 Å². The first-order valence-corrected chi connectivity index (χ1v) is 7.56. The van der Waals surface area contributed by atoms with E-state index in [1.54, 1.807) is 6.20 Å². The van der Waals surface area contributed by atoms with Gasteiger partial charge >= 0.3 is 0 Å². The third-order valence-corrected chi connectivity index (χ3v) is 4.38. The van der Waals surface area contributed by atoms with Gasteiger partial charge in [-0.3, -0.25) is 4.68 Å².